The van der Waals surface area contributed by atoms with Gasteiger partial charge in [-0.25, -0.2) is 0 Å². The van der Waals surface area contributed by atoms with E-state index in [1.807, 2.05) is 0 Å². The standard InChI is InChI=1S/C15H21N5O/c1-11-7-8-19(2)12-5-3-4-6-13(12)20(11)10-14-17-15(9-16)21-18-14/h3-6,11H,7-10,16H2,1-2H3. The monoisotopic (exact) mass is 287 g/mol. The lowest BCUT2D eigenvalue weighted by Gasteiger charge is -2.29. The molecule has 1 atom stereocenters. The molecule has 6 nitrogen and oxygen atoms in total. The predicted octanol–water partition coefficient (Wildman–Crippen LogP) is 1.76. The first-order valence-electron chi connectivity index (χ1n) is 7.27. The molecule has 1 aliphatic rings. The van der Waals surface area contributed by atoms with Gasteiger partial charge in [0.2, 0.25) is 5.89 Å². The Hall–Kier alpha value is -2.08. The third-order valence-electron chi connectivity index (χ3n) is 4.01. The fourth-order valence-electron chi connectivity index (χ4n) is 2.75. The molecule has 2 aromatic rings. The normalized spacial score (nSPS) is 18.5. The number of nitrogens with two attached hydrogens (primary N) is 1. The maximum Gasteiger partial charge on any atom is 0.240 e. The van der Waals surface area contributed by atoms with Crippen LogP contribution in [0.25, 0.3) is 0 Å². The van der Waals surface area contributed by atoms with Gasteiger partial charge in [-0.05, 0) is 25.5 Å². The van der Waals surface area contributed by atoms with E-state index in [0.717, 1.165) is 13.0 Å². The van der Waals surface area contributed by atoms with Crippen LogP contribution >= 0.6 is 0 Å². The molecular formula is C15H21N5O. The molecule has 1 aromatic carbocycles. The second-order valence-electron chi connectivity index (χ2n) is 5.48. The quantitative estimate of drug-likeness (QED) is 0.927. The number of anilines is 2. The van der Waals surface area contributed by atoms with Gasteiger partial charge in [0.25, 0.3) is 0 Å². The number of rotatable bonds is 3. The van der Waals surface area contributed by atoms with Gasteiger partial charge in [0.05, 0.1) is 24.5 Å². The smallest absolute Gasteiger partial charge is 0.240 e. The molecule has 112 valence electrons. The molecule has 0 aliphatic carbocycles. The first kappa shape index (κ1) is 13.9. The highest BCUT2D eigenvalue weighted by atomic mass is 16.5. The Morgan fingerprint density at radius 2 is 2.10 bits per heavy atom. The Morgan fingerprint density at radius 3 is 2.81 bits per heavy atom. The van der Waals surface area contributed by atoms with Crippen molar-refractivity contribution in [2.75, 3.05) is 23.4 Å². The molecule has 0 amide bonds. The molecule has 3 rings (SSSR count). The Kier molecular flexibility index (Phi) is 3.79. The zero-order chi connectivity index (χ0) is 14.8. The summed E-state index contributed by atoms with van der Waals surface area (Å²) >= 11 is 0. The van der Waals surface area contributed by atoms with Crippen molar-refractivity contribution in [3.63, 3.8) is 0 Å². The van der Waals surface area contributed by atoms with E-state index < -0.39 is 0 Å². The lowest BCUT2D eigenvalue weighted by atomic mass is 10.2. The summed E-state index contributed by atoms with van der Waals surface area (Å²) in [5, 5.41) is 4.02. The maximum atomic E-state index is 5.53. The summed E-state index contributed by atoms with van der Waals surface area (Å²) in [4.78, 5) is 8.96. The number of para-hydroxylation sites is 2. The third-order valence-corrected chi connectivity index (χ3v) is 4.01. The van der Waals surface area contributed by atoms with Gasteiger partial charge in [0.1, 0.15) is 0 Å². The number of hydrogen-bond acceptors (Lipinski definition) is 6. The summed E-state index contributed by atoms with van der Waals surface area (Å²) in [5.41, 5.74) is 7.98. The van der Waals surface area contributed by atoms with Crippen LogP contribution in [0, 0.1) is 0 Å². The summed E-state index contributed by atoms with van der Waals surface area (Å²) in [6.45, 7) is 4.19. The number of aromatic nitrogens is 2. The van der Waals surface area contributed by atoms with Gasteiger partial charge in [-0.1, -0.05) is 17.3 Å². The van der Waals surface area contributed by atoms with Crippen molar-refractivity contribution in [3.8, 4) is 0 Å². The Morgan fingerprint density at radius 1 is 1.33 bits per heavy atom. The van der Waals surface area contributed by atoms with E-state index in [1.165, 1.54) is 11.4 Å². The van der Waals surface area contributed by atoms with Gasteiger partial charge in [0, 0.05) is 19.6 Å². The molecule has 1 aromatic heterocycles. The molecule has 21 heavy (non-hydrogen) atoms. The van der Waals surface area contributed by atoms with E-state index >= 15 is 0 Å². The molecule has 0 saturated heterocycles. The highest BCUT2D eigenvalue weighted by Gasteiger charge is 2.24. The van der Waals surface area contributed by atoms with Crippen LogP contribution in [0.5, 0.6) is 0 Å². The van der Waals surface area contributed by atoms with Crippen LogP contribution in [0.2, 0.25) is 0 Å². The first-order chi connectivity index (χ1) is 10.2. The molecule has 0 bridgehead atoms. The second-order valence-corrected chi connectivity index (χ2v) is 5.48. The van der Waals surface area contributed by atoms with Crippen LogP contribution in [0.4, 0.5) is 11.4 Å². The van der Waals surface area contributed by atoms with E-state index in [-0.39, 0.29) is 6.54 Å². The molecule has 2 heterocycles. The van der Waals surface area contributed by atoms with Gasteiger partial charge in [-0.15, -0.1) is 0 Å². The van der Waals surface area contributed by atoms with Crippen LogP contribution in [0.1, 0.15) is 25.1 Å². The van der Waals surface area contributed by atoms with Gasteiger partial charge in [-0.2, -0.15) is 4.98 Å². The van der Waals surface area contributed by atoms with Gasteiger partial charge >= 0.3 is 0 Å². The van der Waals surface area contributed by atoms with Crippen molar-refractivity contribution in [1.29, 1.82) is 0 Å². The molecule has 0 radical (unpaired) electrons. The van der Waals surface area contributed by atoms with E-state index in [2.05, 4.69) is 58.2 Å². The van der Waals surface area contributed by atoms with Crippen molar-refractivity contribution in [2.45, 2.75) is 32.5 Å². The maximum absolute atomic E-state index is 5.53. The van der Waals surface area contributed by atoms with Crippen LogP contribution in [0.3, 0.4) is 0 Å². The van der Waals surface area contributed by atoms with Crippen LogP contribution in [-0.2, 0) is 13.1 Å². The number of fused-ring (bicyclic) bond motifs is 1. The van der Waals surface area contributed by atoms with E-state index in [4.69, 9.17) is 10.3 Å². The molecule has 0 spiro atoms. The Bertz CT molecular complexity index is 612. The van der Waals surface area contributed by atoms with Gasteiger partial charge in [-0.3, -0.25) is 0 Å². The van der Waals surface area contributed by atoms with Gasteiger partial charge in [0.15, 0.2) is 5.82 Å². The molecule has 1 unspecified atom stereocenters. The van der Waals surface area contributed by atoms with E-state index in [0.29, 0.717) is 24.3 Å². The fourth-order valence-corrected chi connectivity index (χ4v) is 2.75. The lowest BCUT2D eigenvalue weighted by molar-refractivity contribution is 0.373. The van der Waals surface area contributed by atoms with Crippen molar-refractivity contribution >= 4 is 11.4 Å². The van der Waals surface area contributed by atoms with Gasteiger partial charge < -0.3 is 20.1 Å². The molecule has 1 aliphatic heterocycles. The van der Waals surface area contributed by atoms with Crippen LogP contribution in [0.15, 0.2) is 28.8 Å². The average Bonchev–Trinajstić information content (AvgIpc) is 2.93. The zero-order valence-electron chi connectivity index (χ0n) is 12.5. The second kappa shape index (κ2) is 5.73. The Labute approximate surface area is 124 Å². The average molecular weight is 287 g/mol. The minimum atomic E-state index is 0.280. The highest BCUT2D eigenvalue weighted by molar-refractivity contribution is 5.72. The minimum absolute atomic E-state index is 0.280. The summed E-state index contributed by atoms with van der Waals surface area (Å²) in [6, 6.07) is 8.86. The SMILES string of the molecule is CC1CCN(C)c2ccccc2N1Cc1noc(CN)n1. The summed E-state index contributed by atoms with van der Waals surface area (Å²) in [7, 11) is 2.13. The van der Waals surface area contributed by atoms with Crippen molar-refractivity contribution in [1.82, 2.24) is 10.1 Å². The highest BCUT2D eigenvalue weighted by Crippen LogP contribution is 2.34. The van der Waals surface area contributed by atoms with Crippen LogP contribution < -0.4 is 15.5 Å². The predicted molar refractivity (Wildman–Crippen MR) is 82.2 cm³/mol. The minimum Gasteiger partial charge on any atom is -0.373 e. The zero-order valence-corrected chi connectivity index (χ0v) is 12.5. The van der Waals surface area contributed by atoms with Crippen molar-refractivity contribution in [3.05, 3.63) is 36.0 Å². The molecule has 0 fully saturated rings. The Balaban J connectivity index is 1.93. The molecule has 6 heteroatoms. The number of benzene rings is 1. The molecule has 2 N–H and O–H groups in total. The third kappa shape index (κ3) is 2.71. The van der Waals surface area contributed by atoms with E-state index in [1.54, 1.807) is 0 Å². The molecular weight excluding hydrogens is 266 g/mol. The summed E-state index contributed by atoms with van der Waals surface area (Å²) in [5.74, 6) is 1.17. The molecule has 0 saturated carbocycles. The lowest BCUT2D eigenvalue weighted by Crippen LogP contribution is -2.32. The largest absolute Gasteiger partial charge is 0.373 e. The summed E-state index contributed by atoms with van der Waals surface area (Å²) in [6.07, 6.45) is 1.09. The summed E-state index contributed by atoms with van der Waals surface area (Å²) < 4.78 is 5.11. The fraction of sp³-hybridized carbons (Fsp3) is 0.467. The van der Waals surface area contributed by atoms with E-state index in [9.17, 15) is 0 Å². The topological polar surface area (TPSA) is 71.4 Å². The number of nitrogens with zero attached hydrogens (tertiary/aromatic N) is 4. The van der Waals surface area contributed by atoms with Crippen LogP contribution in [-0.4, -0.2) is 29.8 Å². The van der Waals surface area contributed by atoms with Crippen molar-refractivity contribution < 1.29 is 4.52 Å². The first-order valence-corrected chi connectivity index (χ1v) is 7.27. The van der Waals surface area contributed by atoms with Crippen molar-refractivity contribution in [2.24, 2.45) is 5.73 Å². The number of hydrogen-bond donors (Lipinski definition) is 1.